The lowest BCUT2D eigenvalue weighted by Gasteiger charge is -2.07. The Balaban J connectivity index is 2.36. The van der Waals surface area contributed by atoms with Crippen LogP contribution in [0.15, 0.2) is 40.6 Å². The van der Waals surface area contributed by atoms with Crippen molar-refractivity contribution in [3.63, 3.8) is 0 Å². The number of methoxy groups -OCH3 is 2. The van der Waals surface area contributed by atoms with E-state index in [1.54, 1.807) is 30.3 Å². The van der Waals surface area contributed by atoms with Crippen molar-refractivity contribution in [2.24, 2.45) is 10.2 Å². The Morgan fingerprint density at radius 1 is 0.952 bits per heavy atom. The second-order valence-electron chi connectivity index (χ2n) is 4.17. The van der Waals surface area contributed by atoms with Crippen molar-refractivity contribution < 1.29 is 9.47 Å². The molecule has 0 saturated carbocycles. The van der Waals surface area contributed by atoms with Crippen LogP contribution < -0.4 is 20.9 Å². The molecule has 0 amide bonds. The minimum atomic E-state index is 0.354. The summed E-state index contributed by atoms with van der Waals surface area (Å²) in [5, 5.41) is 8.59. The average molecular weight is 307 g/mol. The Morgan fingerprint density at radius 2 is 1.67 bits per heavy atom. The quantitative estimate of drug-likeness (QED) is 0.660. The fourth-order valence-corrected chi connectivity index (χ4v) is 1.90. The van der Waals surface area contributed by atoms with Gasteiger partial charge in [0, 0.05) is 17.8 Å². The molecule has 2 aromatic carbocycles. The van der Waals surface area contributed by atoms with Crippen LogP contribution in [0.5, 0.6) is 11.5 Å². The summed E-state index contributed by atoms with van der Waals surface area (Å²) in [5.74, 6) is 0.980. The van der Waals surface area contributed by atoms with Crippen LogP contribution in [0.1, 0.15) is 0 Å². The number of nitrogens with two attached hydrogens (primary N) is 2. The van der Waals surface area contributed by atoms with Crippen LogP contribution in [0.4, 0.5) is 22.7 Å². The number of hydrogen-bond acceptors (Lipinski definition) is 6. The molecule has 0 unspecified atom stereocenters. The van der Waals surface area contributed by atoms with E-state index >= 15 is 0 Å². The summed E-state index contributed by atoms with van der Waals surface area (Å²) in [4.78, 5) is 0. The molecule has 0 heterocycles. The molecule has 21 heavy (non-hydrogen) atoms. The molecule has 0 fully saturated rings. The summed E-state index contributed by atoms with van der Waals surface area (Å²) < 4.78 is 10.3. The van der Waals surface area contributed by atoms with Gasteiger partial charge >= 0.3 is 0 Å². The molecule has 0 saturated heterocycles. The fourth-order valence-electron chi connectivity index (χ4n) is 1.69. The third-order valence-electron chi connectivity index (χ3n) is 2.77. The summed E-state index contributed by atoms with van der Waals surface area (Å²) in [6, 6.07) is 8.35. The van der Waals surface area contributed by atoms with Crippen molar-refractivity contribution in [2.45, 2.75) is 0 Å². The van der Waals surface area contributed by atoms with E-state index in [2.05, 4.69) is 10.2 Å². The molecule has 2 rings (SSSR count). The first-order valence-electron chi connectivity index (χ1n) is 6.03. The van der Waals surface area contributed by atoms with E-state index in [1.807, 2.05) is 0 Å². The first-order valence-corrected chi connectivity index (χ1v) is 6.41. The van der Waals surface area contributed by atoms with Crippen molar-refractivity contribution in [3.05, 3.63) is 35.4 Å². The minimum Gasteiger partial charge on any atom is -0.494 e. The summed E-state index contributed by atoms with van der Waals surface area (Å²) >= 11 is 6.01. The molecule has 0 radical (unpaired) electrons. The van der Waals surface area contributed by atoms with Gasteiger partial charge in [-0.3, -0.25) is 0 Å². The van der Waals surface area contributed by atoms with E-state index in [-0.39, 0.29) is 0 Å². The number of anilines is 2. The number of nitrogen functional groups attached to an aromatic ring is 2. The smallest absolute Gasteiger partial charge is 0.148 e. The second kappa shape index (κ2) is 6.32. The maximum Gasteiger partial charge on any atom is 0.148 e. The topological polar surface area (TPSA) is 95.2 Å². The van der Waals surface area contributed by atoms with Crippen LogP contribution in [0.25, 0.3) is 0 Å². The van der Waals surface area contributed by atoms with Gasteiger partial charge in [0.15, 0.2) is 0 Å². The van der Waals surface area contributed by atoms with E-state index in [0.29, 0.717) is 39.3 Å². The lowest BCUT2D eigenvalue weighted by molar-refractivity contribution is 0.416. The Labute approximate surface area is 127 Å². The van der Waals surface area contributed by atoms with E-state index in [1.165, 1.54) is 14.2 Å². The molecule has 0 aromatic heterocycles. The highest BCUT2D eigenvalue weighted by atomic mass is 35.5. The Hall–Kier alpha value is -2.47. The molecular weight excluding hydrogens is 292 g/mol. The molecule has 110 valence electrons. The minimum absolute atomic E-state index is 0.354. The van der Waals surface area contributed by atoms with Gasteiger partial charge in [-0.2, -0.15) is 5.11 Å². The predicted octanol–water partition coefficient (Wildman–Crippen LogP) is 3.94. The van der Waals surface area contributed by atoms with E-state index in [4.69, 9.17) is 32.5 Å². The van der Waals surface area contributed by atoms with E-state index in [0.717, 1.165) is 0 Å². The lowest BCUT2D eigenvalue weighted by Crippen LogP contribution is -1.92. The Bertz CT molecular complexity index is 689. The average Bonchev–Trinajstić information content (AvgIpc) is 2.48. The second-order valence-corrected chi connectivity index (χ2v) is 4.58. The van der Waals surface area contributed by atoms with Gasteiger partial charge in [0.1, 0.15) is 17.2 Å². The number of azo groups is 1. The number of ether oxygens (including phenoxy) is 2. The number of benzene rings is 2. The number of nitrogens with zero attached hydrogens (tertiary/aromatic N) is 2. The molecule has 0 bridgehead atoms. The predicted molar refractivity (Wildman–Crippen MR) is 84.0 cm³/mol. The largest absolute Gasteiger partial charge is 0.494 e. The molecule has 0 aliphatic heterocycles. The highest BCUT2D eigenvalue weighted by molar-refractivity contribution is 6.33. The zero-order chi connectivity index (χ0) is 15.4. The third-order valence-corrected chi connectivity index (χ3v) is 3.09. The maximum atomic E-state index is 6.01. The van der Waals surface area contributed by atoms with Gasteiger partial charge < -0.3 is 20.9 Å². The summed E-state index contributed by atoms with van der Waals surface area (Å²) in [6.45, 7) is 0. The van der Waals surface area contributed by atoms with Gasteiger partial charge in [-0.05, 0) is 18.2 Å². The van der Waals surface area contributed by atoms with Crippen LogP contribution in [0, 0.1) is 0 Å². The number of halogens is 1. The van der Waals surface area contributed by atoms with Crippen molar-refractivity contribution in [1.29, 1.82) is 0 Å². The van der Waals surface area contributed by atoms with Gasteiger partial charge in [-0.1, -0.05) is 11.6 Å². The first kappa shape index (κ1) is 14.9. The monoisotopic (exact) mass is 306 g/mol. The Morgan fingerprint density at radius 3 is 2.33 bits per heavy atom. The summed E-state index contributed by atoms with van der Waals surface area (Å²) in [6.07, 6.45) is 0. The molecule has 4 N–H and O–H groups in total. The highest BCUT2D eigenvalue weighted by Crippen LogP contribution is 2.36. The Kier molecular flexibility index (Phi) is 4.49. The summed E-state index contributed by atoms with van der Waals surface area (Å²) in [5.41, 5.74) is 13.5. The van der Waals surface area contributed by atoms with Crippen LogP contribution in [-0.2, 0) is 0 Å². The van der Waals surface area contributed by atoms with Gasteiger partial charge in [-0.15, -0.1) is 5.11 Å². The van der Waals surface area contributed by atoms with Crippen molar-refractivity contribution >= 4 is 34.4 Å². The zero-order valence-corrected chi connectivity index (χ0v) is 12.4. The van der Waals surface area contributed by atoms with E-state index < -0.39 is 0 Å². The highest BCUT2D eigenvalue weighted by Gasteiger charge is 2.07. The molecule has 2 aromatic rings. The molecule has 7 heteroatoms. The molecule has 0 atom stereocenters. The fraction of sp³-hybridized carbons (Fsp3) is 0.143. The zero-order valence-electron chi connectivity index (χ0n) is 11.6. The summed E-state index contributed by atoms with van der Waals surface area (Å²) in [7, 11) is 3.04. The number of rotatable bonds is 4. The first-order chi connectivity index (χ1) is 10.0. The molecule has 0 aliphatic carbocycles. The maximum absolute atomic E-state index is 6.01. The number of hydrogen-bond donors (Lipinski definition) is 2. The lowest BCUT2D eigenvalue weighted by atomic mass is 10.2. The SMILES string of the molecule is COc1cc(N)ccc1N=Nc1cc(Cl)c(N)c(OC)c1. The normalized spacial score (nSPS) is 10.8. The van der Waals surface area contributed by atoms with Crippen molar-refractivity contribution in [1.82, 2.24) is 0 Å². The van der Waals surface area contributed by atoms with E-state index in [9.17, 15) is 0 Å². The van der Waals surface area contributed by atoms with Gasteiger partial charge in [0.2, 0.25) is 0 Å². The van der Waals surface area contributed by atoms with Crippen molar-refractivity contribution in [2.75, 3.05) is 25.7 Å². The van der Waals surface area contributed by atoms with Gasteiger partial charge in [-0.25, -0.2) is 0 Å². The van der Waals surface area contributed by atoms with Crippen LogP contribution >= 0.6 is 11.6 Å². The molecular formula is C14H15ClN4O2. The molecule has 0 spiro atoms. The van der Waals surface area contributed by atoms with Crippen LogP contribution in [0.2, 0.25) is 5.02 Å². The van der Waals surface area contributed by atoms with Crippen LogP contribution in [-0.4, -0.2) is 14.2 Å². The van der Waals surface area contributed by atoms with Gasteiger partial charge in [0.05, 0.1) is 30.6 Å². The van der Waals surface area contributed by atoms with Crippen LogP contribution in [0.3, 0.4) is 0 Å². The third kappa shape index (κ3) is 3.35. The standard InChI is InChI=1S/C14H15ClN4O2/c1-20-12-5-8(16)3-4-11(12)19-18-9-6-10(15)14(17)13(7-9)21-2/h3-7H,16-17H2,1-2H3. The molecule has 6 nitrogen and oxygen atoms in total. The van der Waals surface area contributed by atoms with Crippen molar-refractivity contribution in [3.8, 4) is 11.5 Å². The van der Waals surface area contributed by atoms with Gasteiger partial charge in [0.25, 0.3) is 0 Å². The molecule has 0 aliphatic rings.